The van der Waals surface area contributed by atoms with Crippen molar-refractivity contribution >= 4 is 17.5 Å². The third kappa shape index (κ3) is 4.26. The third-order valence-corrected chi connectivity index (χ3v) is 2.38. The molecule has 0 heterocycles. The fourth-order valence-electron chi connectivity index (χ4n) is 1.35. The number of rotatable bonds is 3. The van der Waals surface area contributed by atoms with E-state index in [4.69, 9.17) is 11.6 Å². The molecule has 0 aliphatic heterocycles. The van der Waals surface area contributed by atoms with Gasteiger partial charge in [0, 0.05) is 10.6 Å². The molecule has 17 heavy (non-hydrogen) atoms. The highest BCUT2D eigenvalue weighted by atomic mass is 35.5. The molecule has 2 nitrogen and oxygen atoms in total. The topological polar surface area (TPSA) is 29.1 Å². The van der Waals surface area contributed by atoms with Crippen molar-refractivity contribution in [2.24, 2.45) is 0 Å². The predicted octanol–water partition coefficient (Wildman–Crippen LogP) is 3.19. The number of halogens is 4. The van der Waals surface area contributed by atoms with Crippen LogP contribution in [0.15, 0.2) is 18.2 Å². The normalized spacial score (nSPS) is 11.4. The van der Waals surface area contributed by atoms with Gasteiger partial charge in [0.05, 0.1) is 0 Å². The summed E-state index contributed by atoms with van der Waals surface area (Å²) in [6, 6.07) is 4.47. The molecule has 0 atom stereocenters. The number of nitrogens with one attached hydrogen (secondary N) is 1. The number of hydrogen-bond donors (Lipinski definition) is 1. The fourth-order valence-corrected chi connectivity index (χ4v) is 1.55. The van der Waals surface area contributed by atoms with E-state index in [2.05, 4.69) is 0 Å². The van der Waals surface area contributed by atoms with Crippen LogP contribution in [0.4, 0.5) is 13.2 Å². The van der Waals surface area contributed by atoms with Crippen molar-refractivity contribution in [2.75, 3.05) is 6.54 Å². The highest BCUT2D eigenvalue weighted by Gasteiger charge is 2.28. The summed E-state index contributed by atoms with van der Waals surface area (Å²) in [7, 11) is 0. The zero-order valence-corrected chi connectivity index (χ0v) is 9.82. The number of carbonyl (C=O) groups is 1. The van der Waals surface area contributed by atoms with Crippen molar-refractivity contribution < 1.29 is 18.0 Å². The second-order valence-corrected chi connectivity index (χ2v) is 3.89. The van der Waals surface area contributed by atoms with Crippen LogP contribution < -0.4 is 5.32 Å². The molecule has 6 heteroatoms. The molecule has 1 amide bonds. The molecule has 0 unspecified atom stereocenters. The van der Waals surface area contributed by atoms with Gasteiger partial charge in [0.15, 0.2) is 0 Å². The van der Waals surface area contributed by atoms with Crippen molar-refractivity contribution in [1.82, 2.24) is 5.32 Å². The van der Waals surface area contributed by atoms with Gasteiger partial charge >= 0.3 is 6.18 Å². The van der Waals surface area contributed by atoms with Crippen molar-refractivity contribution in [3.63, 3.8) is 0 Å². The average Bonchev–Trinajstić information content (AvgIpc) is 2.24. The summed E-state index contributed by atoms with van der Waals surface area (Å²) in [5.74, 6) is -0.740. The summed E-state index contributed by atoms with van der Waals surface area (Å²) in [5.41, 5.74) is 0.846. The Morgan fingerprint density at radius 1 is 1.41 bits per heavy atom. The molecule has 1 N–H and O–H groups in total. The first-order valence-electron chi connectivity index (χ1n) is 4.97. The SMILES string of the molecule is CCc1cc(Cl)ccc1C(=O)NCC(F)(F)F. The van der Waals surface area contributed by atoms with Gasteiger partial charge in [-0.1, -0.05) is 18.5 Å². The van der Waals surface area contributed by atoms with Crippen LogP contribution in [0.5, 0.6) is 0 Å². The van der Waals surface area contributed by atoms with E-state index in [9.17, 15) is 18.0 Å². The second-order valence-electron chi connectivity index (χ2n) is 3.45. The smallest absolute Gasteiger partial charge is 0.343 e. The molecule has 1 aromatic carbocycles. The molecule has 0 fully saturated rings. The fraction of sp³-hybridized carbons (Fsp3) is 0.364. The van der Waals surface area contributed by atoms with Gasteiger partial charge in [-0.3, -0.25) is 4.79 Å². The quantitative estimate of drug-likeness (QED) is 0.893. The summed E-state index contributed by atoms with van der Waals surface area (Å²) in [4.78, 5) is 11.5. The van der Waals surface area contributed by atoms with Gasteiger partial charge in [-0.15, -0.1) is 0 Å². The lowest BCUT2D eigenvalue weighted by atomic mass is 10.0. The van der Waals surface area contributed by atoms with Crippen molar-refractivity contribution in [1.29, 1.82) is 0 Å². The molecule has 0 spiro atoms. The van der Waals surface area contributed by atoms with Crippen molar-refractivity contribution in [3.05, 3.63) is 34.3 Å². The van der Waals surface area contributed by atoms with Gasteiger partial charge in [0.1, 0.15) is 6.54 Å². The van der Waals surface area contributed by atoms with Crippen LogP contribution in [0.3, 0.4) is 0 Å². The van der Waals surface area contributed by atoms with Crippen LogP contribution in [-0.2, 0) is 6.42 Å². The van der Waals surface area contributed by atoms with E-state index in [1.165, 1.54) is 12.1 Å². The van der Waals surface area contributed by atoms with Gasteiger partial charge in [-0.25, -0.2) is 0 Å². The standard InChI is InChI=1S/C11H11ClF3NO/c1-2-7-5-8(12)3-4-9(7)10(17)16-6-11(13,14)15/h3-5H,2,6H2,1H3,(H,16,17). The molecule has 0 bridgehead atoms. The van der Waals surface area contributed by atoms with Crippen LogP contribution in [0.1, 0.15) is 22.8 Å². The van der Waals surface area contributed by atoms with E-state index in [1.54, 1.807) is 13.0 Å². The number of carbonyl (C=O) groups excluding carboxylic acids is 1. The Balaban J connectivity index is 2.82. The van der Waals surface area contributed by atoms with E-state index in [0.29, 0.717) is 17.0 Å². The highest BCUT2D eigenvalue weighted by Crippen LogP contribution is 2.17. The summed E-state index contributed by atoms with van der Waals surface area (Å²) in [6.07, 6.45) is -3.89. The maximum atomic E-state index is 11.9. The number of hydrogen-bond acceptors (Lipinski definition) is 1. The molecule has 0 aromatic heterocycles. The van der Waals surface area contributed by atoms with Crippen LogP contribution in [0.25, 0.3) is 0 Å². The monoisotopic (exact) mass is 265 g/mol. The average molecular weight is 266 g/mol. The third-order valence-electron chi connectivity index (χ3n) is 2.14. The lowest BCUT2D eigenvalue weighted by Crippen LogP contribution is -2.34. The number of amides is 1. The highest BCUT2D eigenvalue weighted by molar-refractivity contribution is 6.30. The van der Waals surface area contributed by atoms with Crippen LogP contribution in [-0.4, -0.2) is 18.6 Å². The molecule has 1 aromatic rings. The lowest BCUT2D eigenvalue weighted by Gasteiger charge is -2.11. The zero-order chi connectivity index (χ0) is 13.1. The Bertz CT molecular complexity index is 418. The molecule has 0 saturated heterocycles. The van der Waals surface area contributed by atoms with E-state index in [0.717, 1.165) is 0 Å². The minimum Gasteiger partial charge on any atom is -0.343 e. The molecule has 0 aliphatic rings. The van der Waals surface area contributed by atoms with E-state index in [1.807, 2.05) is 5.32 Å². The molecule has 0 aliphatic carbocycles. The zero-order valence-electron chi connectivity index (χ0n) is 9.07. The first kappa shape index (κ1) is 13.8. The minimum absolute atomic E-state index is 0.223. The maximum absolute atomic E-state index is 11.9. The van der Waals surface area contributed by atoms with Gasteiger partial charge in [0.2, 0.25) is 0 Å². The van der Waals surface area contributed by atoms with E-state index in [-0.39, 0.29) is 5.56 Å². The lowest BCUT2D eigenvalue weighted by molar-refractivity contribution is -0.123. The Labute approximate surface area is 102 Å². The van der Waals surface area contributed by atoms with E-state index < -0.39 is 18.6 Å². The van der Waals surface area contributed by atoms with Gasteiger partial charge in [-0.2, -0.15) is 13.2 Å². The summed E-state index contributed by atoms with van der Waals surface area (Å²) in [6.45, 7) is 0.462. The number of aryl methyl sites for hydroxylation is 1. The van der Waals surface area contributed by atoms with Gasteiger partial charge in [-0.05, 0) is 30.2 Å². The molecule has 94 valence electrons. The van der Waals surface area contributed by atoms with E-state index >= 15 is 0 Å². The Morgan fingerprint density at radius 3 is 2.59 bits per heavy atom. The molecular weight excluding hydrogens is 255 g/mol. The predicted molar refractivity (Wildman–Crippen MR) is 59.2 cm³/mol. The summed E-state index contributed by atoms with van der Waals surface area (Å²) < 4.78 is 35.8. The maximum Gasteiger partial charge on any atom is 0.405 e. The Hall–Kier alpha value is -1.23. The van der Waals surface area contributed by atoms with Crippen LogP contribution >= 0.6 is 11.6 Å². The molecular formula is C11H11ClF3NO. The Morgan fingerprint density at radius 2 is 2.06 bits per heavy atom. The summed E-state index contributed by atoms with van der Waals surface area (Å²) >= 11 is 5.74. The largest absolute Gasteiger partial charge is 0.405 e. The number of alkyl halides is 3. The second kappa shape index (κ2) is 5.40. The van der Waals surface area contributed by atoms with Gasteiger partial charge < -0.3 is 5.32 Å². The van der Waals surface area contributed by atoms with Crippen molar-refractivity contribution in [3.8, 4) is 0 Å². The summed E-state index contributed by atoms with van der Waals surface area (Å²) in [5, 5.41) is 2.28. The molecule has 0 radical (unpaired) electrons. The van der Waals surface area contributed by atoms with Crippen LogP contribution in [0, 0.1) is 0 Å². The first-order valence-corrected chi connectivity index (χ1v) is 5.34. The Kier molecular flexibility index (Phi) is 4.40. The molecule has 0 saturated carbocycles. The van der Waals surface area contributed by atoms with Gasteiger partial charge in [0.25, 0.3) is 5.91 Å². The first-order chi connectivity index (χ1) is 7.83. The van der Waals surface area contributed by atoms with Crippen LogP contribution in [0.2, 0.25) is 5.02 Å². The van der Waals surface area contributed by atoms with Crippen molar-refractivity contribution in [2.45, 2.75) is 19.5 Å². The minimum atomic E-state index is -4.41. The number of benzene rings is 1. The molecule has 1 rings (SSSR count).